The number of nitrogens with one attached hydrogen (secondary N) is 1. The fourth-order valence-electron chi connectivity index (χ4n) is 4.13. The van der Waals surface area contributed by atoms with Gasteiger partial charge in [-0.05, 0) is 37.5 Å². The van der Waals surface area contributed by atoms with Crippen LogP contribution in [0.2, 0.25) is 0 Å². The highest BCUT2D eigenvalue weighted by atomic mass is 15.3. The van der Waals surface area contributed by atoms with Crippen LogP contribution >= 0.6 is 0 Å². The number of aromatic nitrogens is 2. The minimum atomic E-state index is 0.660. The van der Waals surface area contributed by atoms with E-state index in [9.17, 15) is 0 Å². The average molecular weight is 261 g/mol. The van der Waals surface area contributed by atoms with Crippen LogP contribution < -0.4 is 5.32 Å². The Morgan fingerprint density at radius 1 is 1.32 bits per heavy atom. The van der Waals surface area contributed by atoms with E-state index in [1.54, 1.807) is 0 Å². The number of nitrogens with zero attached hydrogens (tertiary/aromatic N) is 2. The molecule has 1 aromatic rings. The van der Waals surface area contributed by atoms with Gasteiger partial charge >= 0.3 is 0 Å². The van der Waals surface area contributed by atoms with Gasteiger partial charge in [-0.1, -0.05) is 26.2 Å². The van der Waals surface area contributed by atoms with Crippen molar-refractivity contribution in [2.75, 3.05) is 0 Å². The third-order valence-electron chi connectivity index (χ3n) is 5.39. The van der Waals surface area contributed by atoms with Gasteiger partial charge in [0.2, 0.25) is 0 Å². The van der Waals surface area contributed by atoms with E-state index >= 15 is 0 Å². The van der Waals surface area contributed by atoms with Crippen LogP contribution in [0, 0.1) is 5.41 Å². The SMILES string of the molecule is CCc1nn(C)cc1CNC1CCC12CCCCC2. The van der Waals surface area contributed by atoms with Crippen molar-refractivity contribution in [2.45, 2.75) is 70.9 Å². The fourth-order valence-corrected chi connectivity index (χ4v) is 4.13. The summed E-state index contributed by atoms with van der Waals surface area (Å²) in [5.41, 5.74) is 3.31. The minimum absolute atomic E-state index is 0.660. The molecule has 19 heavy (non-hydrogen) atoms. The van der Waals surface area contributed by atoms with E-state index in [4.69, 9.17) is 0 Å². The van der Waals surface area contributed by atoms with E-state index in [1.165, 1.54) is 56.2 Å². The molecule has 0 bridgehead atoms. The minimum Gasteiger partial charge on any atom is -0.309 e. The summed E-state index contributed by atoms with van der Waals surface area (Å²) in [5, 5.41) is 8.36. The van der Waals surface area contributed by atoms with Crippen molar-refractivity contribution in [1.29, 1.82) is 0 Å². The Labute approximate surface area is 116 Å². The number of aryl methyl sites for hydroxylation is 2. The molecule has 2 saturated carbocycles. The van der Waals surface area contributed by atoms with Crippen molar-refractivity contribution in [3.05, 3.63) is 17.5 Å². The molecule has 1 aromatic heterocycles. The second-order valence-electron chi connectivity index (χ2n) is 6.52. The van der Waals surface area contributed by atoms with Gasteiger partial charge < -0.3 is 5.32 Å². The summed E-state index contributed by atoms with van der Waals surface area (Å²) in [6, 6.07) is 0.762. The Morgan fingerprint density at radius 3 is 2.74 bits per heavy atom. The maximum absolute atomic E-state index is 4.53. The molecule has 0 saturated heterocycles. The topological polar surface area (TPSA) is 29.9 Å². The zero-order valence-corrected chi connectivity index (χ0v) is 12.4. The molecule has 2 aliphatic rings. The van der Waals surface area contributed by atoms with Crippen molar-refractivity contribution < 1.29 is 0 Å². The zero-order chi connectivity index (χ0) is 13.3. The molecule has 1 heterocycles. The van der Waals surface area contributed by atoms with E-state index in [1.807, 2.05) is 11.7 Å². The van der Waals surface area contributed by atoms with Crippen LogP contribution in [0.15, 0.2) is 6.20 Å². The van der Waals surface area contributed by atoms with Gasteiger partial charge in [-0.2, -0.15) is 5.10 Å². The molecule has 2 aliphatic carbocycles. The summed E-state index contributed by atoms with van der Waals surface area (Å²) in [5.74, 6) is 0. The Balaban J connectivity index is 1.60. The van der Waals surface area contributed by atoms with Gasteiger partial charge in [0.15, 0.2) is 0 Å². The van der Waals surface area contributed by atoms with E-state index in [2.05, 4.69) is 23.5 Å². The Hall–Kier alpha value is -0.830. The first-order chi connectivity index (χ1) is 9.23. The summed E-state index contributed by atoms with van der Waals surface area (Å²) < 4.78 is 1.95. The lowest BCUT2D eigenvalue weighted by atomic mass is 9.57. The van der Waals surface area contributed by atoms with E-state index < -0.39 is 0 Å². The monoisotopic (exact) mass is 261 g/mol. The number of rotatable bonds is 4. The second-order valence-corrected chi connectivity index (χ2v) is 6.52. The molecule has 1 unspecified atom stereocenters. The van der Waals surface area contributed by atoms with Gasteiger partial charge in [-0.15, -0.1) is 0 Å². The fraction of sp³-hybridized carbons (Fsp3) is 0.812. The average Bonchev–Trinajstić information content (AvgIpc) is 2.79. The molecule has 3 heteroatoms. The van der Waals surface area contributed by atoms with Crippen LogP contribution in [0.5, 0.6) is 0 Å². The Morgan fingerprint density at radius 2 is 2.11 bits per heavy atom. The number of hydrogen-bond acceptors (Lipinski definition) is 2. The van der Waals surface area contributed by atoms with Crippen molar-refractivity contribution in [3.63, 3.8) is 0 Å². The van der Waals surface area contributed by atoms with E-state index in [-0.39, 0.29) is 0 Å². The normalized spacial score (nSPS) is 25.5. The first-order valence-electron chi connectivity index (χ1n) is 7.98. The van der Waals surface area contributed by atoms with Crippen LogP contribution in [-0.2, 0) is 20.0 Å². The molecule has 1 atom stereocenters. The summed E-state index contributed by atoms with van der Waals surface area (Å²) in [4.78, 5) is 0. The molecular weight excluding hydrogens is 234 g/mol. The summed E-state index contributed by atoms with van der Waals surface area (Å²) >= 11 is 0. The maximum atomic E-state index is 4.53. The molecule has 1 spiro atoms. The Bertz CT molecular complexity index is 429. The van der Waals surface area contributed by atoms with Crippen molar-refractivity contribution in [1.82, 2.24) is 15.1 Å². The third-order valence-corrected chi connectivity index (χ3v) is 5.39. The quantitative estimate of drug-likeness (QED) is 0.902. The predicted molar refractivity (Wildman–Crippen MR) is 78.0 cm³/mol. The van der Waals surface area contributed by atoms with Gasteiger partial charge in [0.25, 0.3) is 0 Å². The van der Waals surface area contributed by atoms with Crippen LogP contribution in [0.4, 0.5) is 0 Å². The summed E-state index contributed by atoms with van der Waals surface area (Å²) in [6.45, 7) is 3.20. The first-order valence-corrected chi connectivity index (χ1v) is 7.98. The Kier molecular flexibility index (Phi) is 3.66. The number of hydrogen-bond donors (Lipinski definition) is 1. The van der Waals surface area contributed by atoms with Crippen LogP contribution in [0.25, 0.3) is 0 Å². The molecular formula is C16H27N3. The lowest BCUT2D eigenvalue weighted by Crippen LogP contribution is -2.54. The highest BCUT2D eigenvalue weighted by molar-refractivity contribution is 5.17. The van der Waals surface area contributed by atoms with Crippen LogP contribution in [-0.4, -0.2) is 15.8 Å². The van der Waals surface area contributed by atoms with Crippen LogP contribution in [0.3, 0.4) is 0 Å². The zero-order valence-electron chi connectivity index (χ0n) is 12.4. The van der Waals surface area contributed by atoms with Gasteiger partial charge in [0, 0.05) is 31.4 Å². The molecule has 106 valence electrons. The van der Waals surface area contributed by atoms with Crippen molar-refractivity contribution >= 4 is 0 Å². The molecule has 3 nitrogen and oxygen atoms in total. The van der Waals surface area contributed by atoms with Gasteiger partial charge in [-0.3, -0.25) is 4.68 Å². The molecule has 1 N–H and O–H groups in total. The van der Waals surface area contributed by atoms with Gasteiger partial charge in [0.05, 0.1) is 5.69 Å². The highest BCUT2D eigenvalue weighted by Crippen LogP contribution is 2.51. The van der Waals surface area contributed by atoms with Gasteiger partial charge in [-0.25, -0.2) is 0 Å². The van der Waals surface area contributed by atoms with Crippen molar-refractivity contribution in [3.8, 4) is 0 Å². The van der Waals surface area contributed by atoms with Crippen molar-refractivity contribution in [2.24, 2.45) is 12.5 Å². The molecule has 2 fully saturated rings. The third kappa shape index (κ3) is 2.45. The maximum Gasteiger partial charge on any atom is 0.0666 e. The highest BCUT2D eigenvalue weighted by Gasteiger charge is 2.46. The molecule has 0 aliphatic heterocycles. The molecule has 0 aromatic carbocycles. The standard InChI is InChI=1S/C16H27N3/c1-3-14-13(12-19(2)18-14)11-17-15-7-10-16(15)8-5-4-6-9-16/h12,15,17H,3-11H2,1-2H3. The van der Waals surface area contributed by atoms with Gasteiger partial charge in [0.1, 0.15) is 0 Å². The molecule has 0 amide bonds. The van der Waals surface area contributed by atoms with E-state index in [0.29, 0.717) is 5.41 Å². The molecule has 0 radical (unpaired) electrons. The summed E-state index contributed by atoms with van der Waals surface area (Å²) in [7, 11) is 2.02. The first kappa shape index (κ1) is 13.2. The predicted octanol–water partition coefficient (Wildman–Crippen LogP) is 3.19. The smallest absolute Gasteiger partial charge is 0.0666 e. The van der Waals surface area contributed by atoms with Crippen LogP contribution in [0.1, 0.15) is 63.1 Å². The lowest BCUT2D eigenvalue weighted by Gasteiger charge is -2.52. The second kappa shape index (κ2) is 5.28. The van der Waals surface area contributed by atoms with E-state index in [0.717, 1.165) is 19.0 Å². The molecule has 3 rings (SSSR count). The summed E-state index contributed by atoms with van der Waals surface area (Å²) in [6.07, 6.45) is 13.3. The largest absolute Gasteiger partial charge is 0.309 e. The lowest BCUT2D eigenvalue weighted by molar-refractivity contribution is 0.0221.